The number of hydrogen-bond donors (Lipinski definition) is 2. The molecular weight excluding hydrogens is 223 g/mol. The molecule has 0 fully saturated rings. The van der Waals surface area contributed by atoms with Crippen LogP contribution in [0.15, 0.2) is 24.3 Å². The normalized spacial score (nSPS) is 11.2. The molecule has 4 nitrogen and oxygen atoms in total. The molecule has 0 aliphatic carbocycles. The summed E-state index contributed by atoms with van der Waals surface area (Å²) < 4.78 is 31.8. The Balaban J connectivity index is 2.78. The fourth-order valence-corrected chi connectivity index (χ4v) is 1.57. The Morgan fingerprint density at radius 2 is 1.75 bits per heavy atom. The molecule has 0 aromatic heterocycles. The van der Waals surface area contributed by atoms with Crippen LogP contribution >= 0.6 is 0 Å². The quantitative estimate of drug-likeness (QED) is 0.716. The van der Waals surface area contributed by atoms with Gasteiger partial charge in [0.25, 0.3) is 0 Å². The molecule has 0 spiro atoms. The molecule has 0 radical (unpaired) electrons. The maximum atomic E-state index is 10.4. The zero-order chi connectivity index (χ0) is 9.19. The van der Waals surface area contributed by atoms with Crippen molar-refractivity contribution in [2.45, 2.75) is 6.92 Å². The van der Waals surface area contributed by atoms with Gasteiger partial charge in [-0.3, -0.25) is 0 Å². The van der Waals surface area contributed by atoms with Crippen LogP contribution in [0.25, 0.3) is 0 Å². The molecule has 1 rings (SSSR count). The van der Waals surface area contributed by atoms with Gasteiger partial charge in [-0.05, 0) is 0 Å². The zero-order valence-electron chi connectivity index (χ0n) is 6.47. The number of benzene rings is 1. The van der Waals surface area contributed by atoms with Gasteiger partial charge < -0.3 is 0 Å². The topological polar surface area (TPSA) is 66.8 Å². The molecule has 66 valence electrons. The Morgan fingerprint density at radius 1 is 1.25 bits per heavy atom. The Morgan fingerprint density at radius 3 is 2.17 bits per heavy atom. The first-order chi connectivity index (χ1) is 5.47. The first-order valence-electron chi connectivity index (χ1n) is 3.29. The van der Waals surface area contributed by atoms with Crippen LogP contribution < -0.4 is 3.73 Å². The average Bonchev–Trinajstić information content (AvgIpc) is 1.91. The monoisotopic (exact) mass is 232 g/mol. The Kier molecular flexibility index (Phi) is 2.62. The molecule has 0 atom stereocenters. The molecule has 0 heterocycles. The van der Waals surface area contributed by atoms with Crippen LogP contribution in [0.1, 0.15) is 5.56 Å². The van der Waals surface area contributed by atoms with E-state index < -0.39 is 14.5 Å². The molecule has 12 heavy (non-hydrogen) atoms. The molecule has 1 aromatic rings. The molecule has 0 saturated heterocycles. The molecule has 1 aromatic carbocycles. The van der Waals surface area contributed by atoms with Crippen LogP contribution in [0.5, 0.6) is 5.75 Å². The third-order valence-corrected chi connectivity index (χ3v) is 2.19. The molecule has 0 bridgehead atoms. The SMILES string of the molecule is Cc1ccc(O[As](=O)(O)O)cc1. The third kappa shape index (κ3) is 3.13. The first-order valence-corrected chi connectivity index (χ1v) is 6.50. The molecule has 0 aliphatic rings. The number of hydrogen-bond acceptors (Lipinski definition) is 2. The van der Waals surface area contributed by atoms with Crippen molar-refractivity contribution >= 4 is 14.5 Å². The fourth-order valence-electron chi connectivity index (χ4n) is 0.736. The van der Waals surface area contributed by atoms with Crippen molar-refractivity contribution in [3.8, 4) is 5.75 Å². The van der Waals surface area contributed by atoms with Crippen molar-refractivity contribution in [2.75, 3.05) is 0 Å². The summed E-state index contributed by atoms with van der Waals surface area (Å²) in [6, 6.07) is 6.49. The van der Waals surface area contributed by atoms with Crippen molar-refractivity contribution in [3.05, 3.63) is 29.8 Å². The van der Waals surface area contributed by atoms with Gasteiger partial charge in [0, 0.05) is 0 Å². The van der Waals surface area contributed by atoms with E-state index in [9.17, 15) is 3.74 Å². The van der Waals surface area contributed by atoms with E-state index in [0.717, 1.165) is 5.56 Å². The standard InChI is InChI=1S/C7H9AsO4/c1-6-2-4-7(5-3-6)12-8(9,10)11/h2-5H,1H3,(H2,9,10,11). The Bertz CT molecular complexity index is 300. The van der Waals surface area contributed by atoms with Crippen LogP contribution in [0.3, 0.4) is 0 Å². The average molecular weight is 232 g/mol. The van der Waals surface area contributed by atoms with Gasteiger partial charge in [-0.15, -0.1) is 0 Å². The predicted molar refractivity (Wildman–Crippen MR) is 42.7 cm³/mol. The van der Waals surface area contributed by atoms with Gasteiger partial charge in [0.2, 0.25) is 0 Å². The van der Waals surface area contributed by atoms with Crippen LogP contribution in [0, 0.1) is 6.92 Å². The molecule has 0 amide bonds. The van der Waals surface area contributed by atoms with E-state index in [2.05, 4.69) is 3.73 Å². The van der Waals surface area contributed by atoms with Crippen molar-refractivity contribution in [1.29, 1.82) is 0 Å². The van der Waals surface area contributed by atoms with Gasteiger partial charge in [0.05, 0.1) is 0 Å². The molecule has 0 unspecified atom stereocenters. The summed E-state index contributed by atoms with van der Waals surface area (Å²) in [7, 11) is 0. The van der Waals surface area contributed by atoms with Crippen LogP contribution in [-0.4, -0.2) is 22.7 Å². The molecule has 0 aliphatic heterocycles. The zero-order valence-corrected chi connectivity index (χ0v) is 8.34. The summed E-state index contributed by atoms with van der Waals surface area (Å²) in [4.78, 5) is 0. The maximum absolute atomic E-state index is 10.4. The summed E-state index contributed by atoms with van der Waals surface area (Å²) in [6.07, 6.45) is 0. The van der Waals surface area contributed by atoms with Gasteiger partial charge in [0.15, 0.2) is 0 Å². The van der Waals surface area contributed by atoms with Crippen molar-refractivity contribution in [2.24, 2.45) is 0 Å². The van der Waals surface area contributed by atoms with Gasteiger partial charge >= 0.3 is 72.7 Å². The van der Waals surface area contributed by atoms with E-state index >= 15 is 0 Å². The van der Waals surface area contributed by atoms with Crippen LogP contribution in [0.2, 0.25) is 0 Å². The van der Waals surface area contributed by atoms with Gasteiger partial charge in [-0.2, -0.15) is 0 Å². The Hall–Kier alpha value is -0.702. The second kappa shape index (κ2) is 3.35. The van der Waals surface area contributed by atoms with Crippen molar-refractivity contribution in [1.82, 2.24) is 0 Å². The van der Waals surface area contributed by atoms with Gasteiger partial charge in [-0.25, -0.2) is 0 Å². The minimum absolute atomic E-state index is 0.202. The van der Waals surface area contributed by atoms with Gasteiger partial charge in [-0.1, -0.05) is 0 Å². The summed E-state index contributed by atoms with van der Waals surface area (Å²) in [5.74, 6) is 0.202. The third-order valence-electron chi connectivity index (χ3n) is 1.25. The van der Waals surface area contributed by atoms with Crippen molar-refractivity contribution < 1.29 is 15.7 Å². The van der Waals surface area contributed by atoms with Crippen LogP contribution in [0.4, 0.5) is 0 Å². The summed E-state index contributed by atoms with van der Waals surface area (Å²) in [5, 5.41) is 0. The van der Waals surface area contributed by atoms with Crippen molar-refractivity contribution in [3.63, 3.8) is 0 Å². The summed E-state index contributed by atoms with van der Waals surface area (Å²) in [6.45, 7) is 1.88. The fraction of sp³-hybridized carbons (Fsp3) is 0.143. The van der Waals surface area contributed by atoms with E-state index in [1.807, 2.05) is 6.92 Å². The van der Waals surface area contributed by atoms with E-state index in [0.29, 0.717) is 0 Å². The van der Waals surface area contributed by atoms with E-state index in [4.69, 9.17) is 8.19 Å². The Labute approximate surface area is 73.2 Å². The predicted octanol–water partition coefficient (Wildman–Crippen LogP) is 0.225. The van der Waals surface area contributed by atoms with E-state index in [-0.39, 0.29) is 5.75 Å². The number of aryl methyl sites for hydroxylation is 1. The molecular formula is C7H9AsO4. The minimum atomic E-state index is -4.98. The second-order valence-corrected chi connectivity index (χ2v) is 4.84. The van der Waals surface area contributed by atoms with E-state index in [1.165, 1.54) is 12.1 Å². The first kappa shape index (κ1) is 9.39. The summed E-state index contributed by atoms with van der Waals surface area (Å²) in [5.41, 5.74) is 1.01. The molecule has 5 heteroatoms. The van der Waals surface area contributed by atoms with Gasteiger partial charge in [0.1, 0.15) is 0 Å². The molecule has 0 saturated carbocycles. The van der Waals surface area contributed by atoms with E-state index in [1.54, 1.807) is 12.1 Å². The summed E-state index contributed by atoms with van der Waals surface area (Å²) >= 11 is -4.98. The molecule has 2 N–H and O–H groups in total. The second-order valence-electron chi connectivity index (χ2n) is 2.39. The number of rotatable bonds is 2. The van der Waals surface area contributed by atoms with Crippen LogP contribution in [-0.2, 0) is 3.74 Å².